The van der Waals surface area contributed by atoms with Gasteiger partial charge in [-0.25, -0.2) is 17.5 Å². The molecule has 1 saturated carbocycles. The van der Waals surface area contributed by atoms with Crippen LogP contribution in [0.15, 0.2) is 23.1 Å². The van der Waals surface area contributed by atoms with Gasteiger partial charge in [-0.05, 0) is 18.9 Å². The van der Waals surface area contributed by atoms with Crippen LogP contribution in [0.5, 0.6) is 0 Å². The van der Waals surface area contributed by atoms with E-state index in [4.69, 9.17) is 5.11 Å². The molecule has 2 N–H and O–H groups in total. The van der Waals surface area contributed by atoms with Gasteiger partial charge in [-0.2, -0.15) is 0 Å². The van der Waals surface area contributed by atoms with E-state index in [1.165, 1.54) is 0 Å². The van der Waals surface area contributed by atoms with E-state index in [9.17, 15) is 22.9 Å². The van der Waals surface area contributed by atoms with Crippen LogP contribution < -0.4 is 4.72 Å². The molecule has 0 radical (unpaired) electrons. The van der Waals surface area contributed by atoms with E-state index < -0.39 is 43.5 Å². The number of hydrogen-bond acceptors (Lipinski definition) is 5. The monoisotopic (exact) mass is 290 g/mol. The van der Waals surface area contributed by atoms with Crippen molar-refractivity contribution in [2.45, 2.75) is 23.3 Å². The van der Waals surface area contributed by atoms with E-state index in [0.29, 0.717) is 18.9 Å². The van der Waals surface area contributed by atoms with Gasteiger partial charge >= 0.3 is 0 Å². The van der Waals surface area contributed by atoms with Gasteiger partial charge in [0.2, 0.25) is 10.0 Å². The molecule has 0 amide bonds. The van der Waals surface area contributed by atoms with Gasteiger partial charge in [0.25, 0.3) is 5.69 Å². The number of non-ortho nitro benzene ring substituents is 1. The third-order valence-corrected chi connectivity index (χ3v) is 4.52. The summed E-state index contributed by atoms with van der Waals surface area (Å²) in [5.74, 6) is -1.08. The molecule has 0 bridgehead atoms. The molecule has 0 saturated heterocycles. The molecule has 1 aromatic rings. The second kappa shape index (κ2) is 4.51. The Bertz CT molecular complexity index is 627. The van der Waals surface area contributed by atoms with Crippen molar-refractivity contribution in [1.82, 2.24) is 4.72 Å². The second-order valence-corrected chi connectivity index (χ2v) is 6.07. The van der Waals surface area contributed by atoms with E-state index in [0.717, 1.165) is 12.1 Å². The van der Waals surface area contributed by atoms with Crippen molar-refractivity contribution in [3.8, 4) is 0 Å². The van der Waals surface area contributed by atoms with Crippen molar-refractivity contribution in [2.75, 3.05) is 6.61 Å². The smallest absolute Gasteiger partial charge is 0.270 e. The van der Waals surface area contributed by atoms with Crippen LogP contribution >= 0.6 is 0 Å². The summed E-state index contributed by atoms with van der Waals surface area (Å²) in [7, 11) is -4.24. The molecule has 19 heavy (non-hydrogen) atoms. The van der Waals surface area contributed by atoms with Crippen molar-refractivity contribution in [2.24, 2.45) is 0 Å². The van der Waals surface area contributed by atoms with Crippen molar-refractivity contribution in [3.63, 3.8) is 0 Å². The fourth-order valence-corrected chi connectivity index (χ4v) is 3.14. The highest BCUT2D eigenvalue weighted by atomic mass is 32.2. The summed E-state index contributed by atoms with van der Waals surface area (Å²) in [5.41, 5.74) is -1.48. The maximum absolute atomic E-state index is 13.5. The molecule has 104 valence electrons. The molecule has 1 aliphatic rings. The summed E-state index contributed by atoms with van der Waals surface area (Å²) in [6, 6.07) is 2.27. The maximum atomic E-state index is 13.5. The fraction of sp³-hybridized carbons (Fsp3) is 0.400. The minimum atomic E-state index is -4.24. The van der Waals surface area contributed by atoms with Crippen LogP contribution in [0.3, 0.4) is 0 Å². The number of rotatable bonds is 5. The number of halogens is 1. The van der Waals surface area contributed by atoms with Crippen molar-refractivity contribution in [1.29, 1.82) is 0 Å². The Morgan fingerprint density at radius 1 is 1.47 bits per heavy atom. The van der Waals surface area contributed by atoms with Gasteiger partial charge in [0, 0.05) is 12.1 Å². The predicted octanol–water partition coefficient (Wildman–Crippen LogP) is 0.537. The van der Waals surface area contributed by atoms with E-state index in [-0.39, 0.29) is 0 Å². The Morgan fingerprint density at radius 2 is 2.11 bits per heavy atom. The van der Waals surface area contributed by atoms with Crippen LogP contribution in [0.4, 0.5) is 10.1 Å². The molecule has 9 heteroatoms. The first-order valence-electron chi connectivity index (χ1n) is 5.38. The highest BCUT2D eigenvalue weighted by molar-refractivity contribution is 7.89. The van der Waals surface area contributed by atoms with Gasteiger partial charge in [0.15, 0.2) is 0 Å². The maximum Gasteiger partial charge on any atom is 0.270 e. The minimum absolute atomic E-state index is 0.400. The van der Waals surface area contributed by atoms with Gasteiger partial charge in [0.1, 0.15) is 10.7 Å². The molecule has 0 heterocycles. The molecule has 0 aliphatic heterocycles. The molecular weight excluding hydrogens is 279 g/mol. The van der Waals surface area contributed by atoms with Crippen molar-refractivity contribution in [3.05, 3.63) is 34.1 Å². The topological polar surface area (TPSA) is 110 Å². The summed E-state index contributed by atoms with van der Waals surface area (Å²) in [6.07, 6.45) is 0.887. The van der Waals surface area contributed by atoms with Crippen LogP contribution in [-0.4, -0.2) is 30.6 Å². The molecule has 2 rings (SSSR count). The van der Waals surface area contributed by atoms with Crippen LogP contribution in [0.2, 0.25) is 0 Å². The summed E-state index contributed by atoms with van der Waals surface area (Å²) >= 11 is 0. The lowest BCUT2D eigenvalue weighted by molar-refractivity contribution is -0.385. The molecule has 0 spiro atoms. The van der Waals surface area contributed by atoms with Gasteiger partial charge in [0.05, 0.1) is 17.1 Å². The summed E-state index contributed by atoms with van der Waals surface area (Å²) in [5, 5.41) is 19.6. The third-order valence-electron chi connectivity index (χ3n) is 2.92. The Balaban J connectivity index is 2.40. The first-order chi connectivity index (χ1) is 8.80. The molecule has 7 nitrogen and oxygen atoms in total. The number of hydrogen-bond donors (Lipinski definition) is 2. The number of nitrogens with one attached hydrogen (secondary N) is 1. The van der Waals surface area contributed by atoms with Crippen LogP contribution in [0, 0.1) is 15.9 Å². The Hall–Kier alpha value is -1.58. The van der Waals surface area contributed by atoms with Gasteiger partial charge in [-0.15, -0.1) is 0 Å². The van der Waals surface area contributed by atoms with Gasteiger partial charge < -0.3 is 5.11 Å². The average molecular weight is 290 g/mol. The number of sulfonamides is 1. The molecule has 1 aromatic carbocycles. The van der Waals surface area contributed by atoms with E-state index in [1.807, 2.05) is 0 Å². The molecule has 1 fully saturated rings. The molecular formula is C10H11FN2O5S. The zero-order valence-electron chi connectivity index (χ0n) is 9.67. The third kappa shape index (κ3) is 2.72. The molecule has 0 aromatic heterocycles. The van der Waals surface area contributed by atoms with Crippen molar-refractivity contribution >= 4 is 15.7 Å². The molecule has 1 aliphatic carbocycles. The largest absolute Gasteiger partial charge is 0.394 e. The van der Waals surface area contributed by atoms with Crippen LogP contribution in [0.25, 0.3) is 0 Å². The quantitative estimate of drug-likeness (QED) is 0.607. The highest BCUT2D eigenvalue weighted by Crippen LogP contribution is 2.36. The lowest BCUT2D eigenvalue weighted by atomic mass is 10.3. The zero-order chi connectivity index (χ0) is 14.3. The van der Waals surface area contributed by atoms with Gasteiger partial charge in [-0.3, -0.25) is 10.1 Å². The fourth-order valence-electron chi connectivity index (χ4n) is 1.59. The standard InChI is InChI=1S/C10H11FN2O5S/c11-8-2-1-7(13(15)16)5-9(8)19(17,18)12-10(6-14)3-4-10/h1-2,5,12,14H,3-4,6H2. The summed E-state index contributed by atoms with van der Waals surface area (Å²) in [4.78, 5) is 8.97. The Morgan fingerprint density at radius 3 is 2.58 bits per heavy atom. The first-order valence-corrected chi connectivity index (χ1v) is 6.87. The van der Waals surface area contributed by atoms with Gasteiger partial charge in [-0.1, -0.05) is 0 Å². The predicted molar refractivity (Wildman–Crippen MR) is 62.4 cm³/mol. The summed E-state index contributed by atoms with van der Waals surface area (Å²) in [6.45, 7) is -0.400. The zero-order valence-corrected chi connectivity index (χ0v) is 10.5. The molecule has 0 atom stereocenters. The number of benzene rings is 1. The lowest BCUT2D eigenvalue weighted by Gasteiger charge is -2.14. The van der Waals surface area contributed by atoms with Crippen LogP contribution in [0.1, 0.15) is 12.8 Å². The number of aliphatic hydroxyl groups excluding tert-OH is 1. The second-order valence-electron chi connectivity index (χ2n) is 4.42. The van der Waals surface area contributed by atoms with E-state index in [2.05, 4.69) is 4.72 Å². The van der Waals surface area contributed by atoms with Crippen LogP contribution in [-0.2, 0) is 10.0 Å². The highest BCUT2D eigenvalue weighted by Gasteiger charge is 2.46. The number of aliphatic hydroxyl groups is 1. The number of nitrogens with zero attached hydrogens (tertiary/aromatic N) is 1. The lowest BCUT2D eigenvalue weighted by Crippen LogP contribution is -2.39. The Labute approximate surface area is 108 Å². The normalized spacial score (nSPS) is 17.2. The van der Waals surface area contributed by atoms with Crippen molar-refractivity contribution < 1.29 is 22.8 Å². The Kier molecular flexibility index (Phi) is 3.29. The minimum Gasteiger partial charge on any atom is -0.394 e. The SMILES string of the molecule is O=[N+]([O-])c1ccc(F)c(S(=O)(=O)NC2(CO)CC2)c1. The first kappa shape index (κ1) is 13.8. The molecule has 0 unspecified atom stereocenters. The number of nitro groups is 1. The summed E-state index contributed by atoms with van der Waals surface area (Å²) < 4.78 is 39.6. The average Bonchev–Trinajstić information content (AvgIpc) is 3.08. The number of nitro benzene ring substituents is 1. The van der Waals surface area contributed by atoms with E-state index >= 15 is 0 Å². The van der Waals surface area contributed by atoms with E-state index in [1.54, 1.807) is 0 Å².